The van der Waals surface area contributed by atoms with Crippen LogP contribution in [0, 0.1) is 0 Å². The Morgan fingerprint density at radius 2 is 2.19 bits per heavy atom. The summed E-state index contributed by atoms with van der Waals surface area (Å²) >= 11 is 7.55. The van der Waals surface area contributed by atoms with Gasteiger partial charge in [-0.1, -0.05) is 13.8 Å². The Hall–Kier alpha value is -0.540. The first-order valence-electron chi connectivity index (χ1n) is 5.54. The number of hydrogen-bond donors (Lipinski definition) is 1. The van der Waals surface area contributed by atoms with Crippen molar-refractivity contribution in [2.75, 3.05) is 5.88 Å². The van der Waals surface area contributed by atoms with Crippen LogP contribution in [-0.4, -0.2) is 17.3 Å². The van der Waals surface area contributed by atoms with Crippen molar-refractivity contribution >= 4 is 28.8 Å². The number of thiophene rings is 1. The highest BCUT2D eigenvalue weighted by atomic mass is 35.5. The van der Waals surface area contributed by atoms with Gasteiger partial charge in [-0.05, 0) is 35.2 Å². The van der Waals surface area contributed by atoms with Gasteiger partial charge in [0, 0.05) is 5.88 Å². The fourth-order valence-corrected chi connectivity index (χ4v) is 2.68. The number of amides is 1. The number of hydrogen-bond acceptors (Lipinski definition) is 2. The first-order valence-corrected chi connectivity index (χ1v) is 7.01. The molecular weight excluding hydrogens is 242 g/mol. The van der Waals surface area contributed by atoms with E-state index in [1.165, 1.54) is 0 Å². The van der Waals surface area contributed by atoms with E-state index in [4.69, 9.17) is 11.6 Å². The molecule has 0 spiro atoms. The first-order chi connectivity index (χ1) is 7.65. The lowest BCUT2D eigenvalue weighted by atomic mass is 9.95. The fraction of sp³-hybridized carbons (Fsp3) is 0.583. The summed E-state index contributed by atoms with van der Waals surface area (Å²) in [4.78, 5) is 11.8. The molecule has 0 fully saturated rings. The zero-order valence-corrected chi connectivity index (χ0v) is 11.3. The number of carbonyl (C=O) groups excluding carboxylic acids is 1. The SMILES string of the molecule is CCC(CC)(CCl)NC(=O)Cc1ccsc1. The number of halogens is 1. The lowest BCUT2D eigenvalue weighted by molar-refractivity contribution is -0.122. The van der Waals surface area contributed by atoms with Crippen molar-refractivity contribution in [3.8, 4) is 0 Å². The molecule has 90 valence electrons. The molecule has 0 bridgehead atoms. The van der Waals surface area contributed by atoms with E-state index in [0.717, 1.165) is 18.4 Å². The van der Waals surface area contributed by atoms with Crippen LogP contribution in [0.5, 0.6) is 0 Å². The molecule has 2 nitrogen and oxygen atoms in total. The molecule has 16 heavy (non-hydrogen) atoms. The number of alkyl halides is 1. The number of carbonyl (C=O) groups is 1. The smallest absolute Gasteiger partial charge is 0.224 e. The summed E-state index contributed by atoms with van der Waals surface area (Å²) in [7, 11) is 0. The maximum Gasteiger partial charge on any atom is 0.224 e. The molecule has 1 rings (SSSR count). The average Bonchev–Trinajstić information content (AvgIpc) is 2.79. The third-order valence-electron chi connectivity index (χ3n) is 2.96. The Kier molecular flexibility index (Phi) is 5.29. The van der Waals surface area contributed by atoms with E-state index in [1.54, 1.807) is 11.3 Å². The second kappa shape index (κ2) is 6.26. The Balaban J connectivity index is 2.55. The van der Waals surface area contributed by atoms with E-state index < -0.39 is 0 Å². The fourth-order valence-electron chi connectivity index (χ4n) is 1.57. The van der Waals surface area contributed by atoms with E-state index in [9.17, 15) is 4.79 Å². The van der Waals surface area contributed by atoms with Crippen LogP contribution in [0.2, 0.25) is 0 Å². The van der Waals surface area contributed by atoms with Crippen molar-refractivity contribution in [3.63, 3.8) is 0 Å². The lowest BCUT2D eigenvalue weighted by Gasteiger charge is -2.30. The van der Waals surface area contributed by atoms with Gasteiger partial charge in [0.25, 0.3) is 0 Å². The Morgan fingerprint density at radius 1 is 1.50 bits per heavy atom. The highest BCUT2D eigenvalue weighted by Gasteiger charge is 2.26. The van der Waals surface area contributed by atoms with Crippen LogP contribution in [0.4, 0.5) is 0 Å². The van der Waals surface area contributed by atoms with Crippen molar-refractivity contribution in [1.82, 2.24) is 5.32 Å². The van der Waals surface area contributed by atoms with Crippen LogP contribution in [0.3, 0.4) is 0 Å². The number of rotatable bonds is 6. The van der Waals surface area contributed by atoms with Gasteiger partial charge in [-0.2, -0.15) is 11.3 Å². The summed E-state index contributed by atoms with van der Waals surface area (Å²) in [5.74, 6) is 0.526. The topological polar surface area (TPSA) is 29.1 Å². The quantitative estimate of drug-likeness (QED) is 0.781. The molecule has 1 N–H and O–H groups in total. The zero-order chi connectivity index (χ0) is 12.0. The molecule has 0 radical (unpaired) electrons. The lowest BCUT2D eigenvalue weighted by Crippen LogP contribution is -2.49. The summed E-state index contributed by atoms with van der Waals surface area (Å²) in [6.07, 6.45) is 2.17. The van der Waals surface area contributed by atoms with Crippen molar-refractivity contribution < 1.29 is 4.79 Å². The molecular formula is C12H18ClNOS. The minimum Gasteiger partial charge on any atom is -0.349 e. The standard InChI is InChI=1S/C12H18ClNOS/c1-3-12(4-2,9-13)14-11(15)7-10-5-6-16-8-10/h5-6,8H,3-4,7,9H2,1-2H3,(H,14,15). The van der Waals surface area contributed by atoms with Crippen molar-refractivity contribution in [2.24, 2.45) is 0 Å². The Labute approximate surface area is 106 Å². The summed E-state index contributed by atoms with van der Waals surface area (Å²) in [5.41, 5.74) is 0.826. The molecule has 1 amide bonds. The van der Waals surface area contributed by atoms with Crippen molar-refractivity contribution in [3.05, 3.63) is 22.4 Å². The summed E-state index contributed by atoms with van der Waals surface area (Å²) < 4.78 is 0. The minimum atomic E-state index is -0.241. The second-order valence-electron chi connectivity index (χ2n) is 3.98. The summed E-state index contributed by atoms with van der Waals surface area (Å²) in [6, 6.07) is 1.98. The molecule has 0 unspecified atom stereocenters. The van der Waals surface area contributed by atoms with Crippen LogP contribution in [-0.2, 0) is 11.2 Å². The van der Waals surface area contributed by atoms with Crippen LogP contribution in [0.15, 0.2) is 16.8 Å². The van der Waals surface area contributed by atoms with Gasteiger partial charge in [0.2, 0.25) is 5.91 Å². The average molecular weight is 260 g/mol. The van der Waals surface area contributed by atoms with Gasteiger partial charge in [-0.15, -0.1) is 11.6 Å². The highest BCUT2D eigenvalue weighted by molar-refractivity contribution is 7.07. The molecule has 4 heteroatoms. The third kappa shape index (κ3) is 3.49. The molecule has 1 aromatic heterocycles. The largest absolute Gasteiger partial charge is 0.349 e. The normalized spacial score (nSPS) is 11.4. The predicted octanol–water partition coefficient (Wildman–Crippen LogP) is 3.20. The van der Waals surface area contributed by atoms with Gasteiger partial charge >= 0.3 is 0 Å². The zero-order valence-electron chi connectivity index (χ0n) is 9.75. The maximum atomic E-state index is 11.8. The van der Waals surface area contributed by atoms with Gasteiger partial charge in [0.05, 0.1) is 12.0 Å². The third-order valence-corrected chi connectivity index (χ3v) is 4.20. The Bertz CT molecular complexity index is 312. The van der Waals surface area contributed by atoms with Gasteiger partial charge in [0.15, 0.2) is 0 Å². The van der Waals surface area contributed by atoms with E-state index >= 15 is 0 Å². The van der Waals surface area contributed by atoms with Gasteiger partial charge in [-0.25, -0.2) is 0 Å². The summed E-state index contributed by atoms with van der Waals surface area (Å²) in [5, 5.41) is 7.03. The predicted molar refractivity (Wildman–Crippen MR) is 70.2 cm³/mol. The number of nitrogens with one attached hydrogen (secondary N) is 1. The molecule has 0 aliphatic rings. The van der Waals surface area contributed by atoms with Crippen LogP contribution in [0.25, 0.3) is 0 Å². The van der Waals surface area contributed by atoms with Gasteiger partial charge in [-0.3, -0.25) is 4.79 Å². The maximum absolute atomic E-state index is 11.8. The monoisotopic (exact) mass is 259 g/mol. The molecule has 1 heterocycles. The Morgan fingerprint density at radius 3 is 2.62 bits per heavy atom. The molecule has 0 aliphatic carbocycles. The van der Waals surface area contributed by atoms with Crippen LogP contribution in [0.1, 0.15) is 32.3 Å². The van der Waals surface area contributed by atoms with E-state index in [1.807, 2.05) is 16.8 Å². The van der Waals surface area contributed by atoms with Crippen molar-refractivity contribution in [1.29, 1.82) is 0 Å². The van der Waals surface area contributed by atoms with E-state index in [2.05, 4.69) is 19.2 Å². The van der Waals surface area contributed by atoms with Crippen LogP contribution >= 0.6 is 22.9 Å². The second-order valence-corrected chi connectivity index (χ2v) is 5.02. The first kappa shape index (κ1) is 13.5. The molecule has 0 saturated heterocycles. The van der Waals surface area contributed by atoms with E-state index in [-0.39, 0.29) is 11.4 Å². The summed E-state index contributed by atoms with van der Waals surface area (Å²) in [6.45, 7) is 4.10. The molecule has 0 saturated carbocycles. The van der Waals surface area contributed by atoms with Gasteiger partial charge in [0.1, 0.15) is 0 Å². The molecule has 1 aromatic rings. The molecule has 0 aromatic carbocycles. The van der Waals surface area contributed by atoms with Gasteiger partial charge < -0.3 is 5.32 Å². The van der Waals surface area contributed by atoms with Crippen LogP contribution < -0.4 is 5.32 Å². The molecule has 0 atom stereocenters. The molecule has 0 aliphatic heterocycles. The van der Waals surface area contributed by atoms with E-state index in [0.29, 0.717) is 12.3 Å². The highest BCUT2D eigenvalue weighted by Crippen LogP contribution is 2.17. The van der Waals surface area contributed by atoms with Crippen molar-refractivity contribution in [2.45, 2.75) is 38.6 Å². The minimum absolute atomic E-state index is 0.0581.